The molecule has 1 atom stereocenters. The molecule has 1 unspecified atom stereocenters. The Morgan fingerprint density at radius 1 is 1.09 bits per heavy atom. The lowest BCUT2D eigenvalue weighted by molar-refractivity contribution is -0.114. The fraction of sp³-hybridized carbons (Fsp3) is 0.240. The summed E-state index contributed by atoms with van der Waals surface area (Å²) in [6.45, 7) is 0.590. The van der Waals surface area contributed by atoms with E-state index in [4.69, 9.17) is 4.74 Å². The van der Waals surface area contributed by atoms with Gasteiger partial charge >= 0.3 is 0 Å². The zero-order chi connectivity index (χ0) is 24.6. The average molecular weight is 496 g/mol. The molecule has 2 aliphatic rings. The second kappa shape index (κ2) is 9.20. The normalized spacial score (nSPS) is 18.2. The molecule has 1 aromatic heterocycles. The van der Waals surface area contributed by atoms with Crippen molar-refractivity contribution < 1.29 is 27.1 Å². The number of amides is 1. The Morgan fingerprint density at radius 2 is 1.89 bits per heavy atom. The fourth-order valence-electron chi connectivity index (χ4n) is 4.42. The Morgan fingerprint density at radius 3 is 2.63 bits per heavy atom. The van der Waals surface area contributed by atoms with Crippen molar-refractivity contribution in [3.8, 4) is 5.75 Å². The number of ketones is 1. The van der Waals surface area contributed by atoms with Crippen LogP contribution < -0.4 is 9.64 Å². The van der Waals surface area contributed by atoms with E-state index in [1.165, 1.54) is 51.7 Å². The van der Waals surface area contributed by atoms with Gasteiger partial charge in [0.1, 0.15) is 18.2 Å². The summed E-state index contributed by atoms with van der Waals surface area (Å²) in [5.41, 5.74) is 1.02. The highest BCUT2D eigenvalue weighted by molar-refractivity contribution is 7.89. The number of sulfonamides is 1. The van der Waals surface area contributed by atoms with Gasteiger partial charge in [0.2, 0.25) is 10.0 Å². The number of benzene rings is 2. The van der Waals surface area contributed by atoms with Gasteiger partial charge < -0.3 is 9.64 Å². The summed E-state index contributed by atoms with van der Waals surface area (Å²) in [6.07, 6.45) is 4.52. The molecule has 0 radical (unpaired) electrons. The molecular weight excluding hydrogens is 473 g/mol. The van der Waals surface area contributed by atoms with Crippen LogP contribution in [0.3, 0.4) is 0 Å². The Kier molecular flexibility index (Phi) is 6.08. The number of halogens is 1. The monoisotopic (exact) mass is 495 g/mol. The molecule has 3 aromatic rings. The SMILES string of the molecule is O=C1C(=O)N(Cc2ccc(F)cc2)c2ccc(S(=O)(=O)N3CCCC3COc3cccnc3)cc21. The van der Waals surface area contributed by atoms with Crippen LogP contribution in [0.5, 0.6) is 5.75 Å². The molecule has 1 fully saturated rings. The Balaban J connectivity index is 1.38. The fourth-order valence-corrected chi connectivity index (χ4v) is 6.13. The van der Waals surface area contributed by atoms with Gasteiger partial charge in [0, 0.05) is 12.7 Å². The summed E-state index contributed by atoms with van der Waals surface area (Å²) in [6, 6.07) is 12.9. The van der Waals surface area contributed by atoms with Gasteiger partial charge in [-0.1, -0.05) is 12.1 Å². The number of fused-ring (bicyclic) bond motifs is 1. The van der Waals surface area contributed by atoms with Gasteiger partial charge in [-0.2, -0.15) is 4.31 Å². The van der Waals surface area contributed by atoms with Gasteiger partial charge in [-0.3, -0.25) is 14.6 Å². The van der Waals surface area contributed by atoms with Gasteiger partial charge in [0.15, 0.2) is 0 Å². The van der Waals surface area contributed by atoms with Gasteiger partial charge in [-0.05, 0) is 60.9 Å². The highest BCUT2D eigenvalue weighted by Gasteiger charge is 2.40. The molecule has 35 heavy (non-hydrogen) atoms. The molecule has 0 N–H and O–H groups in total. The number of ether oxygens (including phenoxy) is 1. The molecule has 1 saturated heterocycles. The smallest absolute Gasteiger partial charge is 0.299 e. The minimum absolute atomic E-state index is 0.0422. The number of rotatable bonds is 7. The van der Waals surface area contributed by atoms with Crippen molar-refractivity contribution in [2.45, 2.75) is 30.3 Å². The van der Waals surface area contributed by atoms with Crippen molar-refractivity contribution in [3.63, 3.8) is 0 Å². The maximum Gasteiger partial charge on any atom is 0.299 e. The van der Waals surface area contributed by atoms with Crippen LogP contribution in [0, 0.1) is 5.82 Å². The molecule has 0 saturated carbocycles. The van der Waals surface area contributed by atoms with Crippen molar-refractivity contribution in [1.29, 1.82) is 0 Å². The topological polar surface area (TPSA) is 96.9 Å². The standard InChI is InChI=1S/C25H22FN3O5S/c26-18-7-5-17(6-8-18)15-28-23-10-9-21(13-22(23)24(30)25(28)31)35(32,33)29-12-2-3-19(29)16-34-20-4-1-11-27-14-20/h1,4-11,13-14,19H,2-3,12,15-16H2. The van der Waals surface area contributed by atoms with Gasteiger partial charge in [0.05, 0.1) is 34.9 Å². The van der Waals surface area contributed by atoms with Crippen LogP contribution in [0.15, 0.2) is 71.9 Å². The summed E-state index contributed by atoms with van der Waals surface area (Å²) in [5.74, 6) is -1.36. The number of carbonyl (C=O) groups is 2. The summed E-state index contributed by atoms with van der Waals surface area (Å²) in [7, 11) is -3.92. The number of carbonyl (C=O) groups excluding carboxylic acids is 2. The zero-order valence-corrected chi connectivity index (χ0v) is 19.4. The first kappa shape index (κ1) is 23.1. The predicted molar refractivity (Wildman–Crippen MR) is 125 cm³/mol. The van der Waals surface area contributed by atoms with Gasteiger partial charge in [0.25, 0.3) is 11.7 Å². The minimum Gasteiger partial charge on any atom is -0.490 e. The number of aromatic nitrogens is 1. The van der Waals surface area contributed by atoms with Gasteiger partial charge in [-0.15, -0.1) is 0 Å². The molecule has 0 bridgehead atoms. The van der Waals surface area contributed by atoms with Crippen molar-refractivity contribution >= 4 is 27.4 Å². The largest absolute Gasteiger partial charge is 0.490 e. The third kappa shape index (κ3) is 4.42. The molecule has 2 aliphatic heterocycles. The minimum atomic E-state index is -3.92. The second-order valence-corrected chi connectivity index (χ2v) is 10.3. The average Bonchev–Trinajstić information content (AvgIpc) is 3.44. The van der Waals surface area contributed by atoms with E-state index in [-0.39, 0.29) is 29.7 Å². The number of nitrogens with zero attached hydrogens (tertiary/aromatic N) is 3. The van der Waals surface area contributed by atoms with Crippen LogP contribution in [-0.2, 0) is 21.4 Å². The Hall–Kier alpha value is -3.63. The number of hydrogen-bond donors (Lipinski definition) is 0. The van der Waals surface area contributed by atoms with Crippen molar-refractivity contribution in [2.24, 2.45) is 0 Å². The third-order valence-corrected chi connectivity index (χ3v) is 8.15. The summed E-state index contributed by atoms with van der Waals surface area (Å²) in [4.78, 5) is 30.6. The van der Waals surface area contributed by atoms with Crippen LogP contribution in [0.2, 0.25) is 0 Å². The van der Waals surface area contributed by atoms with E-state index in [0.717, 1.165) is 0 Å². The van der Waals surface area contributed by atoms with E-state index in [9.17, 15) is 22.4 Å². The van der Waals surface area contributed by atoms with E-state index in [1.54, 1.807) is 24.5 Å². The molecule has 8 nitrogen and oxygen atoms in total. The molecule has 2 aromatic carbocycles. The van der Waals surface area contributed by atoms with E-state index >= 15 is 0 Å². The quantitative estimate of drug-likeness (QED) is 0.467. The van der Waals surface area contributed by atoms with Crippen molar-refractivity contribution in [3.05, 3.63) is 83.9 Å². The van der Waals surface area contributed by atoms with Crippen LogP contribution in [-0.4, -0.2) is 48.6 Å². The lowest BCUT2D eigenvalue weighted by Crippen LogP contribution is -2.39. The molecule has 1 amide bonds. The highest BCUT2D eigenvalue weighted by Crippen LogP contribution is 2.34. The van der Waals surface area contributed by atoms with E-state index in [1.807, 2.05) is 0 Å². The Bertz CT molecular complexity index is 1380. The summed E-state index contributed by atoms with van der Waals surface area (Å²) >= 11 is 0. The summed E-state index contributed by atoms with van der Waals surface area (Å²) < 4.78 is 47.3. The van der Waals surface area contributed by atoms with E-state index < -0.39 is 27.5 Å². The lowest BCUT2D eigenvalue weighted by atomic mass is 10.1. The number of hydrogen-bond acceptors (Lipinski definition) is 6. The van der Waals surface area contributed by atoms with E-state index in [0.29, 0.717) is 36.4 Å². The first-order valence-corrected chi connectivity index (χ1v) is 12.6. The van der Waals surface area contributed by atoms with Crippen LogP contribution in [0.1, 0.15) is 28.8 Å². The summed E-state index contributed by atoms with van der Waals surface area (Å²) in [5, 5.41) is 0. The first-order valence-electron chi connectivity index (χ1n) is 11.1. The van der Waals surface area contributed by atoms with E-state index in [2.05, 4.69) is 4.98 Å². The van der Waals surface area contributed by atoms with Crippen LogP contribution in [0.4, 0.5) is 10.1 Å². The predicted octanol–water partition coefficient (Wildman–Crippen LogP) is 3.18. The molecule has 0 spiro atoms. The lowest BCUT2D eigenvalue weighted by Gasteiger charge is -2.24. The molecule has 0 aliphatic carbocycles. The molecule has 10 heteroatoms. The second-order valence-electron chi connectivity index (χ2n) is 8.44. The number of pyridine rings is 1. The maximum atomic E-state index is 13.5. The van der Waals surface area contributed by atoms with Crippen LogP contribution in [0.25, 0.3) is 0 Å². The number of Topliss-reactive ketones (excluding diaryl/α,β-unsaturated/α-hetero) is 1. The number of anilines is 1. The molecule has 5 rings (SSSR count). The molecule has 180 valence electrons. The maximum absolute atomic E-state index is 13.5. The van der Waals surface area contributed by atoms with Crippen LogP contribution >= 0.6 is 0 Å². The van der Waals surface area contributed by atoms with Crippen molar-refractivity contribution in [1.82, 2.24) is 9.29 Å². The van der Waals surface area contributed by atoms with Gasteiger partial charge in [-0.25, -0.2) is 12.8 Å². The molecular formula is C25H22FN3O5S. The molecule has 3 heterocycles. The highest BCUT2D eigenvalue weighted by atomic mass is 32.2. The van der Waals surface area contributed by atoms with Crippen molar-refractivity contribution in [2.75, 3.05) is 18.1 Å². The zero-order valence-electron chi connectivity index (χ0n) is 18.6. The Labute approximate surface area is 202 Å². The third-order valence-electron chi connectivity index (χ3n) is 6.20. The first-order chi connectivity index (χ1) is 16.8.